The molecule has 2 unspecified atom stereocenters. The van der Waals surface area contributed by atoms with Gasteiger partial charge in [-0.25, -0.2) is 4.39 Å². The van der Waals surface area contributed by atoms with E-state index in [1.165, 1.54) is 19.1 Å². The number of benzene rings is 1. The van der Waals surface area contributed by atoms with Crippen molar-refractivity contribution in [2.75, 3.05) is 6.54 Å². The van der Waals surface area contributed by atoms with Gasteiger partial charge in [0.1, 0.15) is 11.9 Å². The lowest BCUT2D eigenvalue weighted by atomic mass is 10.0. The molecule has 0 saturated carbocycles. The first kappa shape index (κ1) is 15.6. The molecule has 1 aromatic carbocycles. The summed E-state index contributed by atoms with van der Waals surface area (Å²) in [6, 6.07) is 3.88. The summed E-state index contributed by atoms with van der Waals surface area (Å²) in [4.78, 5) is 10.7. The highest BCUT2D eigenvalue weighted by Crippen LogP contribution is 2.21. The Kier molecular flexibility index (Phi) is 5.88. The first-order chi connectivity index (χ1) is 8.95. The van der Waals surface area contributed by atoms with Crippen LogP contribution in [0.3, 0.4) is 0 Å². The smallest absolute Gasteiger partial charge is 0.216 e. The van der Waals surface area contributed by atoms with Crippen molar-refractivity contribution in [1.29, 1.82) is 0 Å². The molecular weight excluding hydrogens is 253 g/mol. The summed E-state index contributed by atoms with van der Waals surface area (Å²) < 4.78 is 13.4. The number of amides is 1. The van der Waals surface area contributed by atoms with Gasteiger partial charge in [-0.15, -0.1) is 0 Å². The second-order valence-corrected chi connectivity index (χ2v) is 4.29. The lowest BCUT2D eigenvalue weighted by Gasteiger charge is -2.18. The van der Waals surface area contributed by atoms with E-state index in [0.717, 1.165) is 6.07 Å². The number of halogens is 1. The fourth-order valence-corrected chi connectivity index (χ4v) is 1.65. The molecule has 1 amide bonds. The van der Waals surface area contributed by atoms with Gasteiger partial charge >= 0.3 is 0 Å². The minimum Gasteiger partial charge on any atom is -0.392 e. The van der Waals surface area contributed by atoms with Crippen molar-refractivity contribution in [1.82, 2.24) is 5.32 Å². The molecule has 5 nitrogen and oxygen atoms in total. The highest BCUT2D eigenvalue weighted by atomic mass is 19.1. The van der Waals surface area contributed by atoms with Gasteiger partial charge in [-0.3, -0.25) is 4.79 Å². The van der Waals surface area contributed by atoms with Crippen molar-refractivity contribution in [3.63, 3.8) is 0 Å². The van der Waals surface area contributed by atoms with Crippen molar-refractivity contribution in [2.24, 2.45) is 0 Å². The van der Waals surface area contributed by atoms with Gasteiger partial charge in [0.2, 0.25) is 5.91 Å². The maximum Gasteiger partial charge on any atom is 0.216 e. The van der Waals surface area contributed by atoms with Gasteiger partial charge in [0.15, 0.2) is 0 Å². The van der Waals surface area contributed by atoms with Gasteiger partial charge < -0.3 is 20.6 Å². The van der Waals surface area contributed by atoms with Crippen LogP contribution in [-0.4, -0.2) is 33.9 Å². The molecule has 0 saturated heterocycles. The van der Waals surface area contributed by atoms with E-state index in [-0.39, 0.29) is 30.0 Å². The van der Waals surface area contributed by atoms with Gasteiger partial charge in [0, 0.05) is 19.0 Å². The van der Waals surface area contributed by atoms with Crippen LogP contribution < -0.4 is 5.32 Å². The van der Waals surface area contributed by atoms with Gasteiger partial charge in [0.25, 0.3) is 0 Å². The normalized spacial score (nSPS) is 13.9. The first-order valence-corrected chi connectivity index (χ1v) is 5.95. The van der Waals surface area contributed by atoms with Crippen LogP contribution >= 0.6 is 0 Å². The number of carbonyl (C=O) groups is 1. The van der Waals surface area contributed by atoms with Crippen LogP contribution in [0.5, 0.6) is 0 Å². The molecule has 1 rings (SSSR count). The Balaban J connectivity index is 2.63. The van der Waals surface area contributed by atoms with Crippen LogP contribution in [0, 0.1) is 5.82 Å². The molecular formula is C13H18FNO4. The molecule has 0 aliphatic rings. The molecule has 0 heterocycles. The summed E-state index contributed by atoms with van der Waals surface area (Å²) in [6.07, 6.45) is -2.19. The van der Waals surface area contributed by atoms with E-state index >= 15 is 0 Å². The zero-order valence-corrected chi connectivity index (χ0v) is 10.6. The number of hydrogen-bond donors (Lipinski definition) is 4. The molecule has 0 fully saturated rings. The molecule has 106 valence electrons. The van der Waals surface area contributed by atoms with Gasteiger partial charge in [-0.2, -0.15) is 0 Å². The maximum absolute atomic E-state index is 13.4. The van der Waals surface area contributed by atoms with E-state index < -0.39 is 24.6 Å². The Labute approximate surface area is 110 Å². The number of carbonyl (C=O) groups excluding carboxylic acids is 1. The second-order valence-electron chi connectivity index (χ2n) is 4.29. The highest BCUT2D eigenvalue weighted by Gasteiger charge is 2.19. The number of nitrogens with one attached hydrogen (secondary N) is 1. The van der Waals surface area contributed by atoms with Crippen LogP contribution in [0.15, 0.2) is 18.2 Å². The number of rotatable bonds is 6. The summed E-state index contributed by atoms with van der Waals surface area (Å²) in [7, 11) is 0. The van der Waals surface area contributed by atoms with Crippen LogP contribution in [0.4, 0.5) is 4.39 Å². The maximum atomic E-state index is 13.4. The van der Waals surface area contributed by atoms with Crippen molar-refractivity contribution in [3.05, 3.63) is 35.1 Å². The third-order valence-corrected chi connectivity index (χ3v) is 2.77. The van der Waals surface area contributed by atoms with E-state index in [0.29, 0.717) is 0 Å². The largest absolute Gasteiger partial charge is 0.392 e. The van der Waals surface area contributed by atoms with Crippen LogP contribution in [0.25, 0.3) is 0 Å². The zero-order chi connectivity index (χ0) is 14.4. The molecule has 19 heavy (non-hydrogen) atoms. The predicted octanol–water partition coefficient (Wildman–Crippen LogP) is 0.238. The average Bonchev–Trinajstić information content (AvgIpc) is 2.37. The van der Waals surface area contributed by atoms with Crippen molar-refractivity contribution in [3.8, 4) is 0 Å². The van der Waals surface area contributed by atoms with Crippen LogP contribution in [-0.2, 0) is 11.4 Å². The number of aliphatic hydroxyl groups excluding tert-OH is 3. The zero-order valence-electron chi connectivity index (χ0n) is 10.6. The summed E-state index contributed by atoms with van der Waals surface area (Å²) in [5.74, 6) is -0.854. The van der Waals surface area contributed by atoms with Gasteiger partial charge in [-0.05, 0) is 18.1 Å². The molecule has 0 bridgehead atoms. The minimum atomic E-state index is -1.24. The quantitative estimate of drug-likeness (QED) is 0.596. The Morgan fingerprint density at radius 3 is 2.63 bits per heavy atom. The summed E-state index contributed by atoms with van der Waals surface area (Å²) in [5.41, 5.74) is 0.355. The molecule has 0 radical (unpaired) electrons. The Morgan fingerprint density at radius 2 is 2.11 bits per heavy atom. The minimum absolute atomic E-state index is 0.128. The number of hydrogen-bond acceptors (Lipinski definition) is 4. The topological polar surface area (TPSA) is 89.8 Å². The lowest BCUT2D eigenvalue weighted by Crippen LogP contribution is -2.27. The highest BCUT2D eigenvalue weighted by molar-refractivity contribution is 5.72. The molecule has 0 spiro atoms. The van der Waals surface area contributed by atoms with Gasteiger partial charge in [0.05, 0.1) is 12.7 Å². The van der Waals surface area contributed by atoms with Crippen molar-refractivity contribution in [2.45, 2.75) is 32.2 Å². The molecule has 4 N–H and O–H groups in total. The van der Waals surface area contributed by atoms with E-state index in [9.17, 15) is 19.4 Å². The standard InChI is InChI=1S/C13H18FNO4/c1-8(17)15-5-4-12(18)13(19)9-2-3-10(7-16)11(14)6-9/h2-3,6,12-13,16,18-19H,4-5,7H2,1H3,(H,15,17). The van der Waals surface area contributed by atoms with E-state index in [4.69, 9.17) is 5.11 Å². The summed E-state index contributed by atoms with van der Waals surface area (Å²) in [5, 5.41) is 30.9. The second kappa shape index (κ2) is 7.18. The Bertz CT molecular complexity index is 439. The fraction of sp³-hybridized carbons (Fsp3) is 0.462. The van der Waals surface area contributed by atoms with Crippen LogP contribution in [0.2, 0.25) is 0 Å². The number of aliphatic hydroxyl groups is 3. The summed E-state index contributed by atoms with van der Waals surface area (Å²) in [6.45, 7) is 1.16. The SMILES string of the molecule is CC(=O)NCCC(O)C(O)c1ccc(CO)c(F)c1. The van der Waals surface area contributed by atoms with E-state index in [2.05, 4.69) is 5.32 Å². The fourth-order valence-electron chi connectivity index (χ4n) is 1.65. The summed E-state index contributed by atoms with van der Waals surface area (Å²) >= 11 is 0. The van der Waals surface area contributed by atoms with E-state index in [1.54, 1.807) is 0 Å². The first-order valence-electron chi connectivity index (χ1n) is 5.95. The van der Waals surface area contributed by atoms with Gasteiger partial charge in [-0.1, -0.05) is 12.1 Å². The molecule has 2 atom stereocenters. The van der Waals surface area contributed by atoms with E-state index in [1.807, 2.05) is 0 Å². The molecule has 0 aromatic heterocycles. The predicted molar refractivity (Wildman–Crippen MR) is 66.6 cm³/mol. The molecule has 0 aliphatic carbocycles. The average molecular weight is 271 g/mol. The molecule has 1 aromatic rings. The monoisotopic (exact) mass is 271 g/mol. The van der Waals surface area contributed by atoms with Crippen molar-refractivity contribution < 1.29 is 24.5 Å². The third kappa shape index (κ3) is 4.59. The Morgan fingerprint density at radius 1 is 1.42 bits per heavy atom. The van der Waals surface area contributed by atoms with Crippen molar-refractivity contribution >= 4 is 5.91 Å². The Hall–Kier alpha value is -1.50. The molecule has 6 heteroatoms. The van der Waals surface area contributed by atoms with Crippen LogP contribution in [0.1, 0.15) is 30.6 Å². The third-order valence-electron chi connectivity index (χ3n) is 2.77. The lowest BCUT2D eigenvalue weighted by molar-refractivity contribution is -0.119. The molecule has 0 aliphatic heterocycles.